The number of amides is 2. The molecule has 29 heavy (non-hydrogen) atoms. The summed E-state index contributed by atoms with van der Waals surface area (Å²) in [4.78, 5) is 41.6. The molecule has 3 rings (SSSR count). The van der Waals surface area contributed by atoms with E-state index in [1.807, 2.05) is 20.8 Å². The molecule has 2 aliphatic rings. The van der Waals surface area contributed by atoms with Crippen molar-refractivity contribution in [3.05, 3.63) is 40.4 Å². The van der Waals surface area contributed by atoms with Crippen molar-refractivity contribution in [3.63, 3.8) is 0 Å². The second-order valence-corrected chi connectivity index (χ2v) is 8.43. The van der Waals surface area contributed by atoms with Crippen LogP contribution in [0.25, 0.3) is 0 Å². The predicted molar refractivity (Wildman–Crippen MR) is 109 cm³/mol. The number of carboxylic acid groups (broad SMARTS) is 1. The molecule has 0 bridgehead atoms. The molecule has 2 amide bonds. The second kappa shape index (κ2) is 8.20. The first-order valence-corrected chi connectivity index (χ1v) is 10.6. The third-order valence-electron chi connectivity index (χ3n) is 5.70. The van der Waals surface area contributed by atoms with Gasteiger partial charge in [-0.1, -0.05) is 30.8 Å². The molecule has 0 aromatic heterocycles. The van der Waals surface area contributed by atoms with Gasteiger partial charge in [-0.05, 0) is 32.9 Å². The van der Waals surface area contributed by atoms with Crippen LogP contribution in [0.2, 0.25) is 0 Å². The summed E-state index contributed by atoms with van der Waals surface area (Å²) in [5, 5.41) is 19.8. The van der Waals surface area contributed by atoms with Crippen LogP contribution in [0.5, 0.6) is 0 Å². The molecule has 2 aliphatic heterocycles. The van der Waals surface area contributed by atoms with Gasteiger partial charge in [0.1, 0.15) is 5.70 Å². The first-order valence-electron chi connectivity index (χ1n) is 9.79. The summed E-state index contributed by atoms with van der Waals surface area (Å²) in [6, 6.07) is 6.75. The van der Waals surface area contributed by atoms with Gasteiger partial charge in [-0.2, -0.15) is 0 Å². The van der Waals surface area contributed by atoms with E-state index in [1.54, 1.807) is 36.1 Å². The van der Waals surface area contributed by atoms with Crippen LogP contribution >= 0.6 is 11.8 Å². The van der Waals surface area contributed by atoms with E-state index in [0.29, 0.717) is 28.5 Å². The number of aliphatic carboxylic acids is 1. The van der Waals surface area contributed by atoms with Crippen LogP contribution < -0.4 is 0 Å². The Balaban J connectivity index is 2.00. The molecule has 1 aromatic rings. The van der Waals surface area contributed by atoms with E-state index in [1.165, 1.54) is 16.7 Å². The highest BCUT2D eigenvalue weighted by Gasteiger charge is 2.60. The van der Waals surface area contributed by atoms with Gasteiger partial charge in [0.25, 0.3) is 5.91 Å². The van der Waals surface area contributed by atoms with Crippen molar-refractivity contribution in [2.45, 2.75) is 44.7 Å². The van der Waals surface area contributed by atoms with Gasteiger partial charge in [-0.25, -0.2) is 4.79 Å². The Kier molecular flexibility index (Phi) is 6.05. The second-order valence-electron chi connectivity index (χ2n) is 7.35. The van der Waals surface area contributed by atoms with Crippen molar-refractivity contribution in [2.75, 3.05) is 13.1 Å². The van der Waals surface area contributed by atoms with Crippen molar-refractivity contribution in [1.82, 2.24) is 9.80 Å². The standard InChI is InChI=1S/C21H26N2O5S/c1-5-22(6-2)19(25)13-9-7-8-10-14(13)29-18-11(3)16-15(12(4)24)20(26)23(16)17(18)21(27)28/h7-12,15-16,24H,5-6H2,1-4H3,(H,27,28)/t11-,12-,15-,16-/m1/s1. The molecule has 2 N–H and O–H groups in total. The summed E-state index contributed by atoms with van der Waals surface area (Å²) in [6.07, 6.45) is -0.845. The fourth-order valence-corrected chi connectivity index (χ4v) is 5.45. The lowest BCUT2D eigenvalue weighted by molar-refractivity contribution is -0.163. The summed E-state index contributed by atoms with van der Waals surface area (Å²) >= 11 is 1.23. The third-order valence-corrected chi connectivity index (χ3v) is 7.06. The van der Waals surface area contributed by atoms with E-state index in [4.69, 9.17) is 0 Å². The lowest BCUT2D eigenvalue weighted by atomic mass is 9.79. The topological polar surface area (TPSA) is 98.2 Å². The normalized spacial score (nSPS) is 24.2. The number of nitrogens with zero attached hydrogens (tertiary/aromatic N) is 2. The maximum atomic E-state index is 12.9. The number of aliphatic hydroxyl groups is 1. The van der Waals surface area contributed by atoms with E-state index in [0.717, 1.165) is 0 Å². The van der Waals surface area contributed by atoms with Gasteiger partial charge in [0, 0.05) is 28.8 Å². The average molecular weight is 419 g/mol. The molecule has 156 valence electrons. The van der Waals surface area contributed by atoms with E-state index in [2.05, 4.69) is 0 Å². The summed E-state index contributed by atoms with van der Waals surface area (Å²) < 4.78 is 0. The summed E-state index contributed by atoms with van der Waals surface area (Å²) in [6.45, 7) is 8.40. The third kappa shape index (κ3) is 3.44. The van der Waals surface area contributed by atoms with Crippen molar-refractivity contribution in [3.8, 4) is 0 Å². The molecular formula is C21H26N2O5S. The van der Waals surface area contributed by atoms with Crippen molar-refractivity contribution >= 4 is 29.5 Å². The molecule has 1 saturated heterocycles. The first-order chi connectivity index (χ1) is 13.7. The SMILES string of the molecule is CCN(CC)C(=O)c1ccccc1SC1=C(C(=O)O)N2C(=O)[C@H]([C@@H](C)O)[C@H]2[C@H]1C. The number of benzene rings is 1. The van der Waals surface area contributed by atoms with Gasteiger partial charge in [0.05, 0.1) is 23.6 Å². The molecular weight excluding hydrogens is 392 g/mol. The lowest BCUT2D eigenvalue weighted by Crippen LogP contribution is -2.63. The van der Waals surface area contributed by atoms with E-state index < -0.39 is 18.0 Å². The summed E-state index contributed by atoms with van der Waals surface area (Å²) in [5.74, 6) is -2.50. The number of β-lactam (4-membered cyclic amide) rings is 1. The number of thioether (sulfide) groups is 1. The Bertz CT molecular complexity index is 878. The summed E-state index contributed by atoms with van der Waals surface area (Å²) in [7, 11) is 0. The fraction of sp³-hybridized carbons (Fsp3) is 0.476. The minimum Gasteiger partial charge on any atom is -0.477 e. The highest BCUT2D eigenvalue weighted by Crippen LogP contribution is 2.52. The average Bonchev–Trinajstić information content (AvgIpc) is 2.91. The largest absolute Gasteiger partial charge is 0.477 e. The van der Waals surface area contributed by atoms with E-state index >= 15 is 0 Å². The molecule has 0 saturated carbocycles. The molecule has 4 atom stereocenters. The quantitative estimate of drug-likeness (QED) is 0.660. The van der Waals surface area contributed by atoms with E-state index in [-0.39, 0.29) is 29.5 Å². The number of hydrogen-bond acceptors (Lipinski definition) is 5. The highest BCUT2D eigenvalue weighted by atomic mass is 32.2. The van der Waals surface area contributed by atoms with Gasteiger partial charge >= 0.3 is 5.97 Å². The zero-order valence-corrected chi connectivity index (χ0v) is 17.8. The Hall–Kier alpha value is -2.32. The van der Waals surface area contributed by atoms with Crippen molar-refractivity contribution < 1.29 is 24.6 Å². The molecule has 1 aromatic carbocycles. The molecule has 0 unspecified atom stereocenters. The van der Waals surface area contributed by atoms with Crippen LogP contribution in [-0.2, 0) is 9.59 Å². The number of rotatable bonds is 7. The lowest BCUT2D eigenvalue weighted by Gasteiger charge is -2.46. The highest BCUT2D eigenvalue weighted by molar-refractivity contribution is 8.03. The van der Waals surface area contributed by atoms with Gasteiger partial charge in [0.2, 0.25) is 5.91 Å². The monoisotopic (exact) mass is 418 g/mol. The minimum atomic E-state index is -1.17. The fourth-order valence-electron chi connectivity index (χ4n) is 4.19. The Labute approximate surface area is 174 Å². The maximum Gasteiger partial charge on any atom is 0.353 e. The van der Waals surface area contributed by atoms with Gasteiger partial charge in [0.15, 0.2) is 0 Å². The molecule has 0 spiro atoms. The number of carbonyl (C=O) groups excluding carboxylic acids is 2. The number of carbonyl (C=O) groups is 3. The van der Waals surface area contributed by atoms with Crippen LogP contribution in [0.4, 0.5) is 0 Å². The zero-order valence-electron chi connectivity index (χ0n) is 17.0. The van der Waals surface area contributed by atoms with Gasteiger partial charge in [-0.3, -0.25) is 9.59 Å². The van der Waals surface area contributed by atoms with Crippen LogP contribution in [0.1, 0.15) is 38.1 Å². The number of carboxylic acids is 1. The molecule has 0 radical (unpaired) electrons. The van der Waals surface area contributed by atoms with Crippen molar-refractivity contribution in [2.24, 2.45) is 11.8 Å². The van der Waals surface area contributed by atoms with Crippen LogP contribution in [0.15, 0.2) is 39.8 Å². The molecule has 2 heterocycles. The molecule has 0 aliphatic carbocycles. The predicted octanol–water partition coefficient (Wildman–Crippen LogP) is 2.41. The molecule has 7 nitrogen and oxygen atoms in total. The van der Waals surface area contributed by atoms with Crippen molar-refractivity contribution in [1.29, 1.82) is 0 Å². The minimum absolute atomic E-state index is 0.0421. The molecule has 1 fully saturated rings. The summed E-state index contributed by atoms with van der Waals surface area (Å²) in [5.41, 5.74) is 0.470. The van der Waals surface area contributed by atoms with E-state index in [9.17, 15) is 24.6 Å². The number of aliphatic hydroxyl groups excluding tert-OH is 1. The first kappa shape index (κ1) is 21.4. The maximum absolute atomic E-state index is 12.9. The Morgan fingerprint density at radius 3 is 2.41 bits per heavy atom. The zero-order chi connectivity index (χ0) is 21.5. The molecule has 8 heteroatoms. The van der Waals surface area contributed by atoms with Crippen LogP contribution in [0, 0.1) is 11.8 Å². The number of fused-ring (bicyclic) bond motifs is 1. The van der Waals surface area contributed by atoms with Crippen LogP contribution in [-0.4, -0.2) is 63.0 Å². The Morgan fingerprint density at radius 1 is 1.24 bits per heavy atom. The van der Waals surface area contributed by atoms with Gasteiger partial charge < -0.3 is 20.0 Å². The Morgan fingerprint density at radius 2 is 1.86 bits per heavy atom. The number of hydrogen-bond donors (Lipinski definition) is 2. The smallest absolute Gasteiger partial charge is 0.353 e. The van der Waals surface area contributed by atoms with Gasteiger partial charge in [-0.15, -0.1) is 0 Å². The van der Waals surface area contributed by atoms with Crippen LogP contribution in [0.3, 0.4) is 0 Å².